The molecule has 1 aliphatic heterocycles. The van der Waals surface area contributed by atoms with Crippen LogP contribution < -0.4 is 14.8 Å². The summed E-state index contributed by atoms with van der Waals surface area (Å²) in [6.07, 6.45) is 2.04. The standard InChI is InChI=1S/C27H34N4O3S/c1-33-26-17-23(9-10-25(26)34-19-24-20-35-21-29-24)27(32)28-11-5-6-12-30-13-15-31(16-14-30)18-22-7-3-2-4-8-22/h2-4,7-10,17,20-21H,5-6,11-16,18-19H2,1H3,(H,28,32). The number of carbonyl (C=O) groups excluding carboxylic acids is 1. The lowest BCUT2D eigenvalue weighted by Gasteiger charge is -2.34. The molecule has 0 bridgehead atoms. The van der Waals surface area contributed by atoms with E-state index in [4.69, 9.17) is 9.47 Å². The molecule has 0 atom stereocenters. The quantitative estimate of drug-likeness (QED) is 0.383. The Labute approximate surface area is 211 Å². The largest absolute Gasteiger partial charge is 0.493 e. The smallest absolute Gasteiger partial charge is 0.251 e. The summed E-state index contributed by atoms with van der Waals surface area (Å²) in [5.41, 5.74) is 4.59. The molecule has 7 nitrogen and oxygen atoms in total. The van der Waals surface area contributed by atoms with Gasteiger partial charge in [-0.05, 0) is 43.1 Å². The summed E-state index contributed by atoms with van der Waals surface area (Å²) in [4.78, 5) is 21.9. The summed E-state index contributed by atoms with van der Waals surface area (Å²) in [5, 5.41) is 4.97. The van der Waals surface area contributed by atoms with Crippen LogP contribution >= 0.6 is 11.3 Å². The fraction of sp³-hybridized carbons (Fsp3) is 0.407. The van der Waals surface area contributed by atoms with Crippen LogP contribution in [0.15, 0.2) is 59.4 Å². The van der Waals surface area contributed by atoms with Gasteiger partial charge in [-0.3, -0.25) is 9.69 Å². The SMILES string of the molecule is COc1cc(C(=O)NCCCCN2CCN(Cc3ccccc3)CC2)ccc1OCc1cscn1. The highest BCUT2D eigenvalue weighted by Crippen LogP contribution is 2.29. The third-order valence-corrected chi connectivity index (χ3v) is 6.82. The van der Waals surface area contributed by atoms with Gasteiger partial charge in [-0.2, -0.15) is 0 Å². The molecule has 1 saturated heterocycles. The van der Waals surface area contributed by atoms with Crippen molar-refractivity contribution in [1.29, 1.82) is 0 Å². The number of hydrogen-bond donors (Lipinski definition) is 1. The molecule has 1 amide bonds. The zero-order chi connectivity index (χ0) is 24.3. The van der Waals surface area contributed by atoms with E-state index in [0.717, 1.165) is 57.8 Å². The van der Waals surface area contributed by atoms with Crippen molar-refractivity contribution in [1.82, 2.24) is 20.1 Å². The Balaban J connectivity index is 1.12. The number of rotatable bonds is 12. The van der Waals surface area contributed by atoms with Gasteiger partial charge in [0.25, 0.3) is 5.91 Å². The van der Waals surface area contributed by atoms with Gasteiger partial charge in [0.05, 0.1) is 18.3 Å². The van der Waals surface area contributed by atoms with Crippen molar-refractivity contribution in [3.63, 3.8) is 0 Å². The number of carbonyl (C=O) groups is 1. The number of methoxy groups -OCH3 is 1. The average Bonchev–Trinajstić information content (AvgIpc) is 3.42. The highest BCUT2D eigenvalue weighted by molar-refractivity contribution is 7.07. The lowest BCUT2D eigenvalue weighted by Crippen LogP contribution is -2.46. The van der Waals surface area contributed by atoms with Crippen molar-refractivity contribution in [2.45, 2.75) is 26.0 Å². The molecule has 2 heterocycles. The third kappa shape index (κ3) is 7.78. The van der Waals surface area contributed by atoms with Crippen molar-refractivity contribution in [2.24, 2.45) is 0 Å². The van der Waals surface area contributed by atoms with Gasteiger partial charge in [0.1, 0.15) is 6.61 Å². The minimum absolute atomic E-state index is 0.0936. The molecule has 0 spiro atoms. The summed E-state index contributed by atoms with van der Waals surface area (Å²) in [6.45, 7) is 7.57. The second-order valence-corrected chi connectivity index (χ2v) is 9.42. The molecule has 0 unspecified atom stereocenters. The average molecular weight is 495 g/mol. The number of piperazine rings is 1. The highest BCUT2D eigenvalue weighted by Gasteiger charge is 2.16. The van der Waals surface area contributed by atoms with Crippen LogP contribution in [0, 0.1) is 0 Å². The van der Waals surface area contributed by atoms with Crippen molar-refractivity contribution in [2.75, 3.05) is 46.4 Å². The van der Waals surface area contributed by atoms with Gasteiger partial charge in [0, 0.05) is 50.2 Å². The Hall–Kier alpha value is -2.94. The fourth-order valence-corrected chi connectivity index (χ4v) is 4.71. The predicted molar refractivity (Wildman–Crippen MR) is 139 cm³/mol. The van der Waals surface area contributed by atoms with E-state index >= 15 is 0 Å². The summed E-state index contributed by atoms with van der Waals surface area (Å²) in [5.74, 6) is 1.05. The van der Waals surface area contributed by atoms with Gasteiger partial charge >= 0.3 is 0 Å². The molecule has 1 N–H and O–H groups in total. The maximum absolute atomic E-state index is 12.6. The fourth-order valence-electron chi connectivity index (χ4n) is 4.17. The molecule has 35 heavy (non-hydrogen) atoms. The van der Waals surface area contributed by atoms with E-state index in [1.807, 2.05) is 5.38 Å². The van der Waals surface area contributed by atoms with Crippen molar-refractivity contribution in [3.05, 3.63) is 76.2 Å². The molecule has 2 aromatic carbocycles. The third-order valence-electron chi connectivity index (χ3n) is 6.19. The minimum atomic E-state index is -0.0936. The Morgan fingerprint density at radius 2 is 1.83 bits per heavy atom. The summed E-state index contributed by atoms with van der Waals surface area (Å²) >= 11 is 1.53. The molecule has 1 fully saturated rings. The first-order chi connectivity index (χ1) is 17.2. The van der Waals surface area contributed by atoms with E-state index in [9.17, 15) is 4.79 Å². The second kappa shape index (κ2) is 13.2. The number of nitrogens with zero attached hydrogens (tertiary/aromatic N) is 3. The van der Waals surface area contributed by atoms with Gasteiger partial charge < -0.3 is 19.7 Å². The molecule has 0 aliphatic carbocycles. The molecule has 0 saturated carbocycles. The van der Waals surface area contributed by atoms with Crippen molar-refractivity contribution < 1.29 is 14.3 Å². The van der Waals surface area contributed by atoms with Gasteiger partial charge in [0.2, 0.25) is 0 Å². The van der Waals surface area contributed by atoms with Crippen LogP contribution in [0.1, 0.15) is 34.5 Å². The summed E-state index contributed by atoms with van der Waals surface area (Å²) in [7, 11) is 1.58. The van der Waals surface area contributed by atoms with Crippen LogP contribution in [-0.4, -0.2) is 67.1 Å². The zero-order valence-corrected chi connectivity index (χ0v) is 21.1. The topological polar surface area (TPSA) is 66.9 Å². The number of thiazole rings is 1. The number of amides is 1. The maximum Gasteiger partial charge on any atom is 0.251 e. The van der Waals surface area contributed by atoms with E-state index in [0.29, 0.717) is 30.2 Å². The summed E-state index contributed by atoms with van der Waals surface area (Å²) in [6, 6.07) is 15.9. The van der Waals surface area contributed by atoms with Crippen LogP contribution in [-0.2, 0) is 13.2 Å². The lowest BCUT2D eigenvalue weighted by atomic mass is 10.1. The molecular formula is C27H34N4O3S. The molecule has 4 rings (SSSR count). The van der Waals surface area contributed by atoms with E-state index in [1.165, 1.54) is 16.9 Å². The van der Waals surface area contributed by atoms with Crippen LogP contribution in [0.2, 0.25) is 0 Å². The number of nitrogens with one attached hydrogen (secondary N) is 1. The van der Waals surface area contributed by atoms with Gasteiger partial charge in [-0.1, -0.05) is 30.3 Å². The first-order valence-corrected chi connectivity index (χ1v) is 13.1. The van der Waals surface area contributed by atoms with Crippen LogP contribution in [0.25, 0.3) is 0 Å². The molecular weight excluding hydrogens is 460 g/mol. The van der Waals surface area contributed by atoms with E-state index in [1.54, 1.807) is 30.8 Å². The first kappa shape index (κ1) is 25.2. The molecule has 186 valence electrons. The number of unbranched alkanes of at least 4 members (excludes halogenated alkanes) is 1. The zero-order valence-electron chi connectivity index (χ0n) is 20.3. The first-order valence-electron chi connectivity index (χ1n) is 12.2. The molecule has 0 radical (unpaired) electrons. The van der Waals surface area contributed by atoms with E-state index in [-0.39, 0.29) is 5.91 Å². The minimum Gasteiger partial charge on any atom is -0.493 e. The van der Waals surface area contributed by atoms with Crippen LogP contribution in [0.3, 0.4) is 0 Å². The molecule has 1 aromatic heterocycles. The lowest BCUT2D eigenvalue weighted by molar-refractivity contribution is 0.0950. The molecule has 3 aromatic rings. The predicted octanol–water partition coefficient (Wildman–Crippen LogP) is 4.06. The molecule has 8 heteroatoms. The van der Waals surface area contributed by atoms with Crippen molar-refractivity contribution >= 4 is 17.2 Å². The normalized spacial score (nSPS) is 14.5. The molecule has 1 aliphatic rings. The number of ether oxygens (including phenoxy) is 2. The van der Waals surface area contributed by atoms with Gasteiger partial charge in [-0.25, -0.2) is 4.98 Å². The summed E-state index contributed by atoms with van der Waals surface area (Å²) < 4.78 is 11.2. The van der Waals surface area contributed by atoms with Gasteiger partial charge in [0.15, 0.2) is 11.5 Å². The van der Waals surface area contributed by atoms with Crippen molar-refractivity contribution in [3.8, 4) is 11.5 Å². The Morgan fingerprint density at radius 3 is 2.57 bits per heavy atom. The van der Waals surface area contributed by atoms with Crippen LogP contribution in [0.4, 0.5) is 0 Å². The van der Waals surface area contributed by atoms with E-state index < -0.39 is 0 Å². The Kier molecular flexibility index (Phi) is 9.51. The highest BCUT2D eigenvalue weighted by atomic mass is 32.1. The second-order valence-electron chi connectivity index (χ2n) is 8.70. The maximum atomic E-state index is 12.6. The van der Waals surface area contributed by atoms with E-state index in [2.05, 4.69) is 50.4 Å². The number of aromatic nitrogens is 1. The monoisotopic (exact) mass is 494 g/mol. The van der Waals surface area contributed by atoms with Crippen LogP contribution in [0.5, 0.6) is 11.5 Å². The number of hydrogen-bond acceptors (Lipinski definition) is 7. The number of benzene rings is 2. The Bertz CT molecular complexity index is 1040. The van der Waals surface area contributed by atoms with Gasteiger partial charge in [-0.15, -0.1) is 11.3 Å². The Morgan fingerprint density at radius 1 is 1.03 bits per heavy atom.